The van der Waals surface area contributed by atoms with Gasteiger partial charge in [0, 0.05) is 18.2 Å². The van der Waals surface area contributed by atoms with E-state index in [2.05, 4.69) is 16.7 Å². The second kappa shape index (κ2) is 6.01. The van der Waals surface area contributed by atoms with Crippen molar-refractivity contribution in [1.29, 1.82) is 0 Å². The first kappa shape index (κ1) is 13.1. The summed E-state index contributed by atoms with van der Waals surface area (Å²) >= 11 is 0. The Kier molecular flexibility index (Phi) is 4.37. The first-order valence-electron chi connectivity index (χ1n) is 6.75. The van der Waals surface area contributed by atoms with Crippen LogP contribution < -0.4 is 10.6 Å². The van der Waals surface area contributed by atoms with Crippen molar-refractivity contribution in [3.63, 3.8) is 0 Å². The Labute approximate surface area is 109 Å². The van der Waals surface area contributed by atoms with E-state index in [4.69, 9.17) is 0 Å². The quantitative estimate of drug-likeness (QED) is 0.855. The number of hydrogen-bond donors (Lipinski definition) is 2. The van der Waals surface area contributed by atoms with Gasteiger partial charge in [0.2, 0.25) is 0 Å². The predicted molar refractivity (Wildman–Crippen MR) is 73.9 cm³/mol. The molecule has 1 aliphatic heterocycles. The normalized spacial score (nSPS) is 18.9. The lowest BCUT2D eigenvalue weighted by molar-refractivity contribution is 0.0952. The highest BCUT2D eigenvalue weighted by atomic mass is 16.1. The molecule has 0 bridgehead atoms. The van der Waals surface area contributed by atoms with Gasteiger partial charge in [-0.1, -0.05) is 17.2 Å². The average molecular weight is 246 g/mol. The highest BCUT2D eigenvalue weighted by Gasteiger charge is 2.14. The van der Waals surface area contributed by atoms with Crippen LogP contribution in [0.2, 0.25) is 0 Å². The van der Waals surface area contributed by atoms with Crippen molar-refractivity contribution in [2.75, 3.05) is 13.1 Å². The molecule has 0 radical (unpaired) electrons. The van der Waals surface area contributed by atoms with Crippen molar-refractivity contribution >= 4 is 5.91 Å². The minimum Gasteiger partial charge on any atom is -0.352 e. The summed E-state index contributed by atoms with van der Waals surface area (Å²) in [6.07, 6.45) is 3.52. The zero-order valence-corrected chi connectivity index (χ0v) is 11.3. The topological polar surface area (TPSA) is 41.1 Å². The first-order chi connectivity index (χ1) is 8.65. The van der Waals surface area contributed by atoms with E-state index in [0.29, 0.717) is 6.04 Å². The summed E-state index contributed by atoms with van der Waals surface area (Å²) in [6.45, 7) is 5.91. The van der Waals surface area contributed by atoms with E-state index < -0.39 is 0 Å². The monoisotopic (exact) mass is 246 g/mol. The molecule has 98 valence electrons. The minimum absolute atomic E-state index is 0.0415. The zero-order valence-electron chi connectivity index (χ0n) is 11.3. The molecule has 2 N–H and O–H groups in total. The number of hydrogen-bond acceptors (Lipinski definition) is 2. The van der Waals surface area contributed by atoms with Crippen LogP contribution in [0.3, 0.4) is 0 Å². The Morgan fingerprint density at radius 1 is 1.33 bits per heavy atom. The van der Waals surface area contributed by atoms with Crippen molar-refractivity contribution < 1.29 is 4.79 Å². The van der Waals surface area contributed by atoms with E-state index in [0.717, 1.165) is 36.2 Å². The molecule has 1 fully saturated rings. The van der Waals surface area contributed by atoms with Crippen molar-refractivity contribution in [3.05, 3.63) is 34.9 Å². The molecule has 3 nitrogen and oxygen atoms in total. The maximum atomic E-state index is 12.0. The summed E-state index contributed by atoms with van der Waals surface area (Å²) in [6, 6.07) is 6.55. The number of nitrogens with one attached hydrogen (secondary N) is 2. The van der Waals surface area contributed by atoms with Crippen LogP contribution in [0.4, 0.5) is 0 Å². The van der Waals surface area contributed by atoms with Crippen LogP contribution in [0.15, 0.2) is 18.2 Å². The molecular weight excluding hydrogens is 224 g/mol. The van der Waals surface area contributed by atoms with Crippen molar-refractivity contribution in [2.45, 2.75) is 39.2 Å². The van der Waals surface area contributed by atoms with Gasteiger partial charge in [-0.05, 0) is 51.8 Å². The Morgan fingerprint density at radius 2 is 2.06 bits per heavy atom. The summed E-state index contributed by atoms with van der Waals surface area (Å²) in [4.78, 5) is 12.0. The van der Waals surface area contributed by atoms with Crippen LogP contribution >= 0.6 is 0 Å². The molecule has 1 atom stereocenters. The van der Waals surface area contributed by atoms with E-state index >= 15 is 0 Å². The SMILES string of the molecule is Cc1cc(C)cc(C(=O)NCC[C@@H]2CCCN2)c1. The number of rotatable bonds is 4. The molecule has 2 rings (SSSR count). The van der Waals surface area contributed by atoms with Crippen LogP contribution in [0.1, 0.15) is 40.7 Å². The number of carbonyl (C=O) groups is 1. The summed E-state index contributed by atoms with van der Waals surface area (Å²) in [5, 5.41) is 6.44. The Morgan fingerprint density at radius 3 is 2.67 bits per heavy atom. The molecule has 1 heterocycles. The van der Waals surface area contributed by atoms with Gasteiger partial charge in [0.05, 0.1) is 0 Å². The fourth-order valence-electron chi connectivity index (χ4n) is 2.57. The third kappa shape index (κ3) is 3.57. The summed E-state index contributed by atoms with van der Waals surface area (Å²) in [7, 11) is 0. The summed E-state index contributed by atoms with van der Waals surface area (Å²) in [5.74, 6) is 0.0415. The van der Waals surface area contributed by atoms with E-state index in [1.165, 1.54) is 12.8 Å². The molecule has 3 heteroatoms. The lowest BCUT2D eigenvalue weighted by Gasteiger charge is -2.11. The van der Waals surface area contributed by atoms with E-state index in [1.807, 2.05) is 26.0 Å². The smallest absolute Gasteiger partial charge is 0.251 e. The number of amides is 1. The van der Waals surface area contributed by atoms with Crippen LogP contribution in [0, 0.1) is 13.8 Å². The van der Waals surface area contributed by atoms with Gasteiger partial charge in [0.1, 0.15) is 0 Å². The maximum absolute atomic E-state index is 12.0. The van der Waals surface area contributed by atoms with Gasteiger partial charge in [-0.15, -0.1) is 0 Å². The van der Waals surface area contributed by atoms with Gasteiger partial charge in [-0.3, -0.25) is 4.79 Å². The first-order valence-corrected chi connectivity index (χ1v) is 6.75. The molecule has 1 aromatic carbocycles. The van der Waals surface area contributed by atoms with Gasteiger partial charge in [-0.2, -0.15) is 0 Å². The van der Waals surface area contributed by atoms with Gasteiger partial charge in [0.15, 0.2) is 0 Å². The van der Waals surface area contributed by atoms with Crippen LogP contribution in [-0.4, -0.2) is 25.0 Å². The van der Waals surface area contributed by atoms with Crippen LogP contribution in [-0.2, 0) is 0 Å². The zero-order chi connectivity index (χ0) is 13.0. The molecule has 1 saturated heterocycles. The van der Waals surface area contributed by atoms with Crippen LogP contribution in [0.25, 0.3) is 0 Å². The Bertz CT molecular complexity index is 402. The molecular formula is C15H22N2O. The third-order valence-corrected chi connectivity index (χ3v) is 3.42. The second-order valence-corrected chi connectivity index (χ2v) is 5.21. The minimum atomic E-state index is 0.0415. The largest absolute Gasteiger partial charge is 0.352 e. The molecule has 18 heavy (non-hydrogen) atoms. The van der Waals surface area contributed by atoms with Crippen LogP contribution in [0.5, 0.6) is 0 Å². The molecule has 1 aromatic rings. The van der Waals surface area contributed by atoms with Crippen molar-refractivity contribution in [1.82, 2.24) is 10.6 Å². The van der Waals surface area contributed by atoms with Crippen molar-refractivity contribution in [2.24, 2.45) is 0 Å². The number of benzene rings is 1. The Hall–Kier alpha value is -1.35. The number of aryl methyl sites for hydroxylation is 2. The molecule has 0 spiro atoms. The van der Waals surface area contributed by atoms with Gasteiger partial charge in [0.25, 0.3) is 5.91 Å². The molecule has 0 unspecified atom stereocenters. The standard InChI is InChI=1S/C15H22N2O/c1-11-8-12(2)10-13(9-11)15(18)17-7-5-14-4-3-6-16-14/h8-10,14,16H,3-7H2,1-2H3,(H,17,18)/t14-/m0/s1. The molecule has 0 aliphatic carbocycles. The highest BCUT2D eigenvalue weighted by Crippen LogP contribution is 2.10. The average Bonchev–Trinajstić information content (AvgIpc) is 2.80. The van der Waals surface area contributed by atoms with Gasteiger partial charge >= 0.3 is 0 Å². The second-order valence-electron chi connectivity index (χ2n) is 5.21. The van der Waals surface area contributed by atoms with Gasteiger partial charge in [-0.25, -0.2) is 0 Å². The maximum Gasteiger partial charge on any atom is 0.251 e. The molecule has 1 aliphatic rings. The Balaban J connectivity index is 1.83. The molecule has 1 amide bonds. The lowest BCUT2D eigenvalue weighted by atomic mass is 10.1. The van der Waals surface area contributed by atoms with E-state index in [1.54, 1.807) is 0 Å². The van der Waals surface area contributed by atoms with E-state index in [9.17, 15) is 4.79 Å². The van der Waals surface area contributed by atoms with Crippen molar-refractivity contribution in [3.8, 4) is 0 Å². The molecule has 0 aromatic heterocycles. The summed E-state index contributed by atoms with van der Waals surface area (Å²) in [5.41, 5.74) is 3.04. The molecule has 0 saturated carbocycles. The fraction of sp³-hybridized carbons (Fsp3) is 0.533. The summed E-state index contributed by atoms with van der Waals surface area (Å²) < 4.78 is 0. The van der Waals surface area contributed by atoms with Gasteiger partial charge < -0.3 is 10.6 Å². The predicted octanol–water partition coefficient (Wildman–Crippen LogP) is 2.18. The van der Waals surface area contributed by atoms with E-state index in [-0.39, 0.29) is 5.91 Å². The third-order valence-electron chi connectivity index (χ3n) is 3.42. The number of carbonyl (C=O) groups excluding carboxylic acids is 1. The highest BCUT2D eigenvalue weighted by molar-refractivity contribution is 5.94. The lowest BCUT2D eigenvalue weighted by Crippen LogP contribution is -2.30. The fourth-order valence-corrected chi connectivity index (χ4v) is 2.57.